The largest absolute Gasteiger partial charge is 0.481 e. The first-order valence-electron chi connectivity index (χ1n) is 6.24. The third-order valence-corrected chi connectivity index (χ3v) is 4.06. The van der Waals surface area contributed by atoms with Gasteiger partial charge < -0.3 is 20.1 Å². The van der Waals surface area contributed by atoms with Crippen LogP contribution in [0.15, 0.2) is 0 Å². The second-order valence-corrected chi connectivity index (χ2v) is 6.07. The van der Waals surface area contributed by atoms with E-state index in [1.54, 1.807) is 0 Å². The van der Waals surface area contributed by atoms with Gasteiger partial charge in [0.1, 0.15) is 0 Å². The number of carbonyl (C=O) groups excluding carboxylic acids is 1. The smallest absolute Gasteiger partial charge is 0.317 e. The molecule has 1 aliphatic rings. The molecule has 1 fully saturated rings. The minimum atomic E-state index is -0.939. The average Bonchev–Trinajstić information content (AvgIpc) is 2.37. The van der Waals surface area contributed by atoms with Gasteiger partial charge in [-0.15, -0.1) is 0 Å². The lowest BCUT2D eigenvalue weighted by atomic mass is 10.2. The summed E-state index contributed by atoms with van der Waals surface area (Å²) in [5.41, 5.74) is 0. The van der Waals surface area contributed by atoms with Crippen LogP contribution in [0.5, 0.6) is 0 Å². The van der Waals surface area contributed by atoms with E-state index in [0.29, 0.717) is 31.2 Å². The van der Waals surface area contributed by atoms with Gasteiger partial charge in [0.2, 0.25) is 0 Å². The summed E-state index contributed by atoms with van der Waals surface area (Å²) < 4.78 is 16.5. The lowest BCUT2D eigenvalue weighted by Crippen LogP contribution is -2.50. The highest BCUT2D eigenvalue weighted by Crippen LogP contribution is 2.08. The van der Waals surface area contributed by atoms with Gasteiger partial charge in [0.25, 0.3) is 0 Å². The number of nitrogens with zero attached hydrogens (tertiary/aromatic N) is 1. The zero-order valence-electron chi connectivity index (χ0n) is 11.0. The summed E-state index contributed by atoms with van der Waals surface area (Å²) in [7, 11) is -0.899. The number of hydrogen-bond donors (Lipinski definition) is 2. The number of carboxylic acid groups (broad SMARTS) is 1. The van der Waals surface area contributed by atoms with Crippen molar-refractivity contribution in [2.24, 2.45) is 0 Å². The van der Waals surface area contributed by atoms with Crippen molar-refractivity contribution in [3.8, 4) is 0 Å². The van der Waals surface area contributed by atoms with Crippen LogP contribution in [-0.4, -0.2) is 70.1 Å². The maximum atomic E-state index is 11.8. The fourth-order valence-electron chi connectivity index (χ4n) is 1.75. The molecule has 1 saturated heterocycles. The summed E-state index contributed by atoms with van der Waals surface area (Å²) in [6.07, 6.45) is -0.564. The summed E-state index contributed by atoms with van der Waals surface area (Å²) in [6, 6.07) is -0.258. The van der Waals surface area contributed by atoms with Crippen molar-refractivity contribution in [1.29, 1.82) is 0 Å². The van der Waals surface area contributed by atoms with Gasteiger partial charge in [-0.25, -0.2) is 4.79 Å². The normalized spacial score (nSPS) is 20.9. The first kappa shape index (κ1) is 15.9. The number of aliphatic carboxylic acids is 1. The van der Waals surface area contributed by atoms with Crippen LogP contribution in [0, 0.1) is 0 Å². The summed E-state index contributed by atoms with van der Waals surface area (Å²) in [5, 5.41) is 11.4. The number of nitrogens with one attached hydrogen (secondary N) is 1. The molecule has 0 aromatic heterocycles. The Morgan fingerprint density at radius 2 is 2.26 bits per heavy atom. The standard InChI is InChI=1S/C11H20N2O5S/c1-2-19(17)6-3-12-11(16)13-4-5-18-9(8-13)7-10(14)15/h9H,2-8H2,1H3,(H,12,16)(H,14,15). The SMILES string of the molecule is CCS(=O)CCNC(=O)N1CCOC(CC(=O)O)C1. The van der Waals surface area contributed by atoms with Gasteiger partial charge in [-0.1, -0.05) is 6.92 Å². The molecule has 0 bridgehead atoms. The van der Waals surface area contributed by atoms with E-state index in [9.17, 15) is 13.8 Å². The van der Waals surface area contributed by atoms with Gasteiger partial charge in [-0.2, -0.15) is 0 Å². The summed E-state index contributed by atoms with van der Waals surface area (Å²) in [4.78, 5) is 23.9. The molecule has 1 rings (SSSR count). The molecule has 2 amide bonds. The number of rotatable bonds is 6. The Kier molecular flexibility index (Phi) is 6.79. The number of urea groups is 1. The van der Waals surface area contributed by atoms with Gasteiger partial charge >= 0.3 is 12.0 Å². The summed E-state index contributed by atoms with van der Waals surface area (Å²) in [6.45, 7) is 3.25. The first-order valence-corrected chi connectivity index (χ1v) is 7.73. The third kappa shape index (κ3) is 6.02. The maximum absolute atomic E-state index is 11.8. The monoisotopic (exact) mass is 292 g/mol. The van der Waals surface area contributed by atoms with E-state index in [1.165, 1.54) is 4.90 Å². The fraction of sp³-hybridized carbons (Fsp3) is 0.818. The number of morpholine rings is 1. The third-order valence-electron chi connectivity index (χ3n) is 2.76. The molecule has 0 spiro atoms. The maximum Gasteiger partial charge on any atom is 0.317 e. The van der Waals surface area contributed by atoms with Crippen LogP contribution >= 0.6 is 0 Å². The molecular formula is C11H20N2O5S. The topological polar surface area (TPSA) is 95.9 Å². The van der Waals surface area contributed by atoms with Crippen LogP contribution in [0.2, 0.25) is 0 Å². The van der Waals surface area contributed by atoms with E-state index in [0.717, 1.165) is 0 Å². The molecule has 0 saturated carbocycles. The Hall–Kier alpha value is -1.15. The number of carboxylic acids is 1. The molecule has 110 valence electrons. The molecule has 2 atom stereocenters. The molecular weight excluding hydrogens is 272 g/mol. The highest BCUT2D eigenvalue weighted by molar-refractivity contribution is 7.84. The number of hydrogen-bond acceptors (Lipinski definition) is 4. The highest BCUT2D eigenvalue weighted by atomic mass is 32.2. The van der Waals surface area contributed by atoms with Crippen molar-refractivity contribution in [1.82, 2.24) is 10.2 Å². The van der Waals surface area contributed by atoms with Gasteiger partial charge in [0, 0.05) is 41.9 Å². The van der Waals surface area contributed by atoms with Gasteiger partial charge in [0.05, 0.1) is 19.1 Å². The Bertz CT molecular complexity index is 350. The molecule has 1 heterocycles. The molecule has 0 aromatic rings. The molecule has 2 N–H and O–H groups in total. The molecule has 7 nitrogen and oxygen atoms in total. The van der Waals surface area contributed by atoms with Gasteiger partial charge in [0.15, 0.2) is 0 Å². The molecule has 8 heteroatoms. The van der Waals surface area contributed by atoms with Crippen LogP contribution in [0.4, 0.5) is 4.79 Å². The molecule has 0 radical (unpaired) electrons. The van der Waals surface area contributed by atoms with Crippen LogP contribution in [0.1, 0.15) is 13.3 Å². The fourth-order valence-corrected chi connectivity index (χ4v) is 2.37. The highest BCUT2D eigenvalue weighted by Gasteiger charge is 2.25. The number of amides is 2. The molecule has 1 aliphatic heterocycles. The van der Waals surface area contributed by atoms with Gasteiger partial charge in [-0.3, -0.25) is 9.00 Å². The minimum absolute atomic E-state index is 0.108. The Morgan fingerprint density at radius 1 is 1.53 bits per heavy atom. The van der Waals surface area contributed by atoms with E-state index in [4.69, 9.17) is 9.84 Å². The second-order valence-electron chi connectivity index (χ2n) is 4.20. The van der Waals surface area contributed by atoms with Crippen molar-refractivity contribution >= 4 is 22.8 Å². The van der Waals surface area contributed by atoms with Crippen molar-refractivity contribution in [2.45, 2.75) is 19.4 Å². The van der Waals surface area contributed by atoms with E-state index in [2.05, 4.69) is 5.32 Å². The first-order chi connectivity index (χ1) is 9.02. The molecule has 19 heavy (non-hydrogen) atoms. The van der Waals surface area contributed by atoms with E-state index in [-0.39, 0.29) is 19.0 Å². The predicted octanol–water partition coefficient (Wildman–Crippen LogP) is -0.360. The van der Waals surface area contributed by atoms with Crippen molar-refractivity contribution in [2.75, 3.05) is 37.7 Å². The van der Waals surface area contributed by atoms with E-state index < -0.39 is 22.9 Å². The van der Waals surface area contributed by atoms with Crippen LogP contribution in [0.25, 0.3) is 0 Å². The summed E-state index contributed by atoms with van der Waals surface area (Å²) >= 11 is 0. The zero-order chi connectivity index (χ0) is 14.3. The number of ether oxygens (including phenoxy) is 1. The van der Waals surface area contributed by atoms with E-state index in [1.807, 2.05) is 6.92 Å². The molecule has 0 aliphatic carbocycles. The Morgan fingerprint density at radius 3 is 2.89 bits per heavy atom. The van der Waals surface area contributed by atoms with Crippen LogP contribution < -0.4 is 5.32 Å². The molecule has 0 aromatic carbocycles. The van der Waals surface area contributed by atoms with Gasteiger partial charge in [-0.05, 0) is 0 Å². The molecule has 2 unspecified atom stereocenters. The predicted molar refractivity (Wildman–Crippen MR) is 70.5 cm³/mol. The zero-order valence-corrected chi connectivity index (χ0v) is 11.8. The second kappa shape index (κ2) is 8.11. The minimum Gasteiger partial charge on any atom is -0.481 e. The van der Waals surface area contributed by atoms with Crippen LogP contribution in [-0.2, 0) is 20.3 Å². The Balaban J connectivity index is 2.31. The quantitative estimate of drug-likeness (QED) is 0.697. The van der Waals surface area contributed by atoms with Crippen LogP contribution in [0.3, 0.4) is 0 Å². The number of carbonyl (C=O) groups is 2. The lowest BCUT2D eigenvalue weighted by Gasteiger charge is -2.32. The average molecular weight is 292 g/mol. The van der Waals surface area contributed by atoms with Crippen molar-refractivity contribution in [3.63, 3.8) is 0 Å². The summed E-state index contributed by atoms with van der Waals surface area (Å²) in [5.74, 6) is 0.0739. The Labute approximate surface area is 114 Å². The van der Waals surface area contributed by atoms with Crippen molar-refractivity contribution < 1.29 is 23.6 Å². The van der Waals surface area contributed by atoms with Crippen molar-refractivity contribution in [3.05, 3.63) is 0 Å². The lowest BCUT2D eigenvalue weighted by molar-refractivity contribution is -0.141. The van der Waals surface area contributed by atoms with E-state index >= 15 is 0 Å².